The number of aliphatic imine (C=N–C) groups is 1. The first-order chi connectivity index (χ1) is 14.4. The van der Waals surface area contributed by atoms with Crippen LogP contribution < -0.4 is 4.74 Å². The van der Waals surface area contributed by atoms with Crippen LogP contribution in [-0.2, 0) is 23.9 Å². The second-order valence-electron chi connectivity index (χ2n) is 6.81. The average molecular weight is 432 g/mol. The predicted octanol–water partition coefficient (Wildman–Crippen LogP) is 2.84. The third kappa shape index (κ3) is 4.41. The lowest BCUT2D eigenvalue weighted by Crippen LogP contribution is -2.40. The summed E-state index contributed by atoms with van der Waals surface area (Å²) < 4.78 is 15.4. The fourth-order valence-electron chi connectivity index (χ4n) is 3.34. The van der Waals surface area contributed by atoms with Crippen molar-refractivity contribution in [2.75, 3.05) is 20.3 Å². The Kier molecular flexibility index (Phi) is 6.94. The van der Waals surface area contributed by atoms with Gasteiger partial charge in [0.05, 0.1) is 29.2 Å². The molecule has 0 saturated carbocycles. The summed E-state index contributed by atoms with van der Waals surface area (Å²) in [7, 11) is 1.52. The molecule has 1 fully saturated rings. The number of hydrogen-bond donors (Lipinski definition) is 0. The summed E-state index contributed by atoms with van der Waals surface area (Å²) in [4.78, 5) is 43.3. The van der Waals surface area contributed by atoms with Gasteiger partial charge in [-0.15, -0.1) is 0 Å². The molecule has 1 aromatic rings. The first-order valence-corrected chi connectivity index (χ1v) is 10.5. The Balaban J connectivity index is 2.01. The molecule has 0 radical (unpaired) electrons. The van der Waals surface area contributed by atoms with Crippen LogP contribution in [-0.4, -0.2) is 53.5 Å². The Morgan fingerprint density at radius 3 is 2.50 bits per heavy atom. The van der Waals surface area contributed by atoms with E-state index in [1.165, 1.54) is 25.8 Å². The third-order valence-electron chi connectivity index (χ3n) is 4.72. The number of thioether (sulfide) groups is 1. The topological polar surface area (TPSA) is 94.5 Å². The van der Waals surface area contributed by atoms with E-state index in [0.717, 1.165) is 0 Å². The van der Waals surface area contributed by atoms with E-state index in [9.17, 15) is 14.4 Å². The Hall–Kier alpha value is -2.65. The summed E-state index contributed by atoms with van der Waals surface area (Å²) in [5.74, 6) is -0.677. The Morgan fingerprint density at radius 1 is 1.20 bits per heavy atom. The molecule has 1 aromatic carbocycles. The number of ether oxygens (including phenoxy) is 3. The van der Waals surface area contributed by atoms with E-state index < -0.39 is 18.0 Å². The van der Waals surface area contributed by atoms with Gasteiger partial charge in [-0.2, -0.15) is 0 Å². The molecule has 2 atom stereocenters. The largest absolute Gasteiger partial charge is 0.460 e. The fourth-order valence-corrected chi connectivity index (χ4v) is 4.48. The van der Waals surface area contributed by atoms with E-state index in [-0.39, 0.29) is 24.4 Å². The van der Waals surface area contributed by atoms with Gasteiger partial charge in [-0.05, 0) is 31.0 Å². The second kappa shape index (κ2) is 9.44. The lowest BCUT2D eigenvalue weighted by molar-refractivity contribution is -0.141. The number of rotatable bonds is 7. The zero-order valence-electron chi connectivity index (χ0n) is 17.3. The van der Waals surface area contributed by atoms with Crippen molar-refractivity contribution in [3.8, 4) is 5.75 Å². The molecule has 0 spiro atoms. The van der Waals surface area contributed by atoms with Gasteiger partial charge in [0.2, 0.25) is 5.91 Å². The molecule has 0 N–H and O–H groups in total. The lowest BCUT2D eigenvalue weighted by atomic mass is 9.94. The molecule has 30 heavy (non-hydrogen) atoms. The zero-order chi connectivity index (χ0) is 21.8. The fraction of sp³-hybridized carbons (Fsp3) is 0.429. The molecule has 2 aliphatic heterocycles. The first kappa shape index (κ1) is 22.0. The number of benzene rings is 1. The highest BCUT2D eigenvalue weighted by Crippen LogP contribution is 2.44. The van der Waals surface area contributed by atoms with Crippen molar-refractivity contribution in [2.45, 2.75) is 38.5 Å². The van der Waals surface area contributed by atoms with Gasteiger partial charge in [-0.1, -0.05) is 30.8 Å². The number of hydrogen-bond acceptors (Lipinski definition) is 8. The Morgan fingerprint density at radius 2 is 1.90 bits per heavy atom. The van der Waals surface area contributed by atoms with Crippen molar-refractivity contribution in [1.82, 2.24) is 4.90 Å². The first-order valence-electron chi connectivity index (χ1n) is 9.61. The van der Waals surface area contributed by atoms with Gasteiger partial charge < -0.3 is 14.2 Å². The van der Waals surface area contributed by atoms with Gasteiger partial charge in [-0.3, -0.25) is 14.5 Å². The molecule has 2 heterocycles. The standard InChI is InChI=1S/C21H24N2O6S/c1-5-16-19(25)23-18(14-6-8-15(9-7-14)29-13(3)24)17(12(2)22-21(23)30-16)20(26)28-11-10-27-4/h6-9,16,18H,5,10-11H2,1-4H3/t16-,18+/m1/s1. The van der Waals surface area contributed by atoms with E-state index in [0.29, 0.717) is 34.2 Å². The van der Waals surface area contributed by atoms with Crippen LogP contribution in [0.3, 0.4) is 0 Å². The highest BCUT2D eigenvalue weighted by atomic mass is 32.2. The number of amidine groups is 1. The number of carbonyl (C=O) groups excluding carboxylic acids is 3. The zero-order valence-corrected chi connectivity index (χ0v) is 18.2. The summed E-state index contributed by atoms with van der Waals surface area (Å²) in [5.41, 5.74) is 1.51. The van der Waals surface area contributed by atoms with Crippen LogP contribution in [0.1, 0.15) is 38.8 Å². The molecule has 160 valence electrons. The van der Waals surface area contributed by atoms with E-state index in [1.54, 1.807) is 36.1 Å². The van der Waals surface area contributed by atoms with Crippen molar-refractivity contribution in [1.29, 1.82) is 0 Å². The maximum Gasteiger partial charge on any atom is 0.338 e. The van der Waals surface area contributed by atoms with Gasteiger partial charge >= 0.3 is 11.9 Å². The molecular formula is C21H24N2O6S. The summed E-state index contributed by atoms with van der Waals surface area (Å²) >= 11 is 1.40. The molecule has 0 aliphatic carbocycles. The Bertz CT molecular complexity index is 909. The van der Waals surface area contributed by atoms with Crippen LogP contribution in [0.5, 0.6) is 5.75 Å². The predicted molar refractivity (Wildman–Crippen MR) is 112 cm³/mol. The van der Waals surface area contributed by atoms with Crippen LogP contribution in [0.25, 0.3) is 0 Å². The van der Waals surface area contributed by atoms with Crippen molar-refractivity contribution >= 4 is 34.8 Å². The molecule has 0 bridgehead atoms. The molecule has 3 rings (SSSR count). The minimum atomic E-state index is -0.671. The van der Waals surface area contributed by atoms with E-state index in [2.05, 4.69) is 4.99 Å². The van der Waals surface area contributed by atoms with Crippen LogP contribution in [0.4, 0.5) is 0 Å². The number of esters is 2. The minimum Gasteiger partial charge on any atom is -0.460 e. The minimum absolute atomic E-state index is 0.0926. The van der Waals surface area contributed by atoms with Gasteiger partial charge in [0.1, 0.15) is 12.4 Å². The molecule has 9 heteroatoms. The van der Waals surface area contributed by atoms with E-state index in [1.807, 2.05) is 6.92 Å². The molecule has 8 nitrogen and oxygen atoms in total. The van der Waals surface area contributed by atoms with Crippen molar-refractivity contribution in [2.24, 2.45) is 4.99 Å². The molecular weight excluding hydrogens is 408 g/mol. The molecule has 2 aliphatic rings. The lowest BCUT2D eigenvalue weighted by Gasteiger charge is -2.33. The normalized spacial score (nSPS) is 20.7. The number of methoxy groups -OCH3 is 1. The highest BCUT2D eigenvalue weighted by molar-refractivity contribution is 8.15. The number of fused-ring (bicyclic) bond motifs is 1. The van der Waals surface area contributed by atoms with Gasteiger partial charge in [0, 0.05) is 14.0 Å². The average Bonchev–Trinajstić information content (AvgIpc) is 3.02. The summed E-state index contributed by atoms with van der Waals surface area (Å²) in [6.07, 6.45) is 0.657. The van der Waals surface area contributed by atoms with Crippen LogP contribution >= 0.6 is 11.8 Å². The molecule has 1 saturated heterocycles. The van der Waals surface area contributed by atoms with E-state index in [4.69, 9.17) is 14.2 Å². The van der Waals surface area contributed by atoms with Crippen LogP contribution in [0, 0.1) is 0 Å². The molecule has 0 unspecified atom stereocenters. The number of nitrogens with zero attached hydrogens (tertiary/aromatic N) is 2. The van der Waals surface area contributed by atoms with E-state index >= 15 is 0 Å². The second-order valence-corrected chi connectivity index (χ2v) is 7.98. The van der Waals surface area contributed by atoms with Crippen molar-refractivity contribution in [3.05, 3.63) is 41.1 Å². The summed E-state index contributed by atoms with van der Waals surface area (Å²) in [6.45, 7) is 5.37. The summed E-state index contributed by atoms with van der Waals surface area (Å²) in [5, 5.41) is 0.329. The quantitative estimate of drug-likeness (QED) is 0.371. The van der Waals surface area contributed by atoms with Crippen molar-refractivity contribution < 1.29 is 28.6 Å². The van der Waals surface area contributed by atoms with Gasteiger partial charge in [0.15, 0.2) is 5.17 Å². The number of carbonyl (C=O) groups is 3. The third-order valence-corrected chi connectivity index (χ3v) is 6.04. The Labute approximate surface area is 179 Å². The maximum absolute atomic E-state index is 13.1. The summed E-state index contributed by atoms with van der Waals surface area (Å²) in [6, 6.07) is 6.07. The monoisotopic (exact) mass is 432 g/mol. The number of allylic oxidation sites excluding steroid dienone is 1. The molecule has 0 aromatic heterocycles. The van der Waals surface area contributed by atoms with Crippen LogP contribution in [0.2, 0.25) is 0 Å². The maximum atomic E-state index is 13.1. The van der Waals surface area contributed by atoms with Gasteiger partial charge in [-0.25, -0.2) is 9.79 Å². The SMILES string of the molecule is CC[C@H]1SC2=NC(C)=C(C(=O)OCCOC)[C@H](c3ccc(OC(C)=O)cc3)N2C1=O. The number of amides is 1. The smallest absolute Gasteiger partial charge is 0.338 e. The van der Waals surface area contributed by atoms with Crippen molar-refractivity contribution in [3.63, 3.8) is 0 Å². The van der Waals surface area contributed by atoms with Crippen LogP contribution in [0.15, 0.2) is 40.5 Å². The van der Waals surface area contributed by atoms with Gasteiger partial charge in [0.25, 0.3) is 0 Å². The highest BCUT2D eigenvalue weighted by Gasteiger charge is 2.47. The molecule has 1 amide bonds.